The summed E-state index contributed by atoms with van der Waals surface area (Å²) in [7, 11) is 1.70. The summed E-state index contributed by atoms with van der Waals surface area (Å²) < 4.78 is 45.4. The molecule has 0 aromatic rings. The molecule has 0 aromatic heterocycles. The fourth-order valence-electron chi connectivity index (χ4n) is 6.78. The lowest BCUT2D eigenvalue weighted by Crippen LogP contribution is -2.33. The fraction of sp³-hybridized carbons (Fsp3) is 0.960. The molecule has 0 saturated carbocycles. The molecule has 0 spiro atoms. The predicted octanol–water partition coefficient (Wildman–Crippen LogP) is 12.3. The first kappa shape index (κ1) is 60.3. The Balaban J connectivity index is 4.13. The van der Waals surface area contributed by atoms with Gasteiger partial charge in [-0.25, -0.2) is 9.59 Å². The zero-order valence-corrected chi connectivity index (χ0v) is 41.5. The molecular weight excluding hydrogens is 789 g/mol. The van der Waals surface area contributed by atoms with Crippen molar-refractivity contribution in [3.8, 4) is 0 Å². The molecule has 0 aliphatic rings. The smallest absolute Gasteiger partial charge is 0.407 e. The van der Waals surface area contributed by atoms with E-state index in [2.05, 4.69) is 24.5 Å². The average molecular weight is 889 g/mol. The Bertz CT molecular complexity index is 970. The summed E-state index contributed by atoms with van der Waals surface area (Å²) in [5, 5.41) is 5.43. The van der Waals surface area contributed by atoms with E-state index >= 15 is 0 Å². The third-order valence-electron chi connectivity index (χ3n) is 11.3. The second-order valence-corrected chi connectivity index (χ2v) is 18.2. The quantitative estimate of drug-likeness (QED) is 0.0569. The van der Waals surface area contributed by atoms with Crippen LogP contribution in [0.3, 0.4) is 0 Å². The molecule has 0 radical (unpaired) electrons. The van der Waals surface area contributed by atoms with Crippen molar-refractivity contribution >= 4 is 12.2 Å². The summed E-state index contributed by atoms with van der Waals surface area (Å²) in [4.78, 5) is 24.5. The van der Waals surface area contributed by atoms with E-state index in [1.165, 1.54) is 135 Å². The van der Waals surface area contributed by atoms with E-state index in [9.17, 15) is 9.59 Å². The van der Waals surface area contributed by atoms with Crippen molar-refractivity contribution in [2.45, 2.75) is 226 Å². The third-order valence-corrected chi connectivity index (χ3v) is 11.3. The number of amides is 2. The van der Waals surface area contributed by atoms with E-state index in [4.69, 9.17) is 37.9 Å². The van der Waals surface area contributed by atoms with E-state index in [0.29, 0.717) is 72.4 Å². The summed E-state index contributed by atoms with van der Waals surface area (Å²) in [6, 6.07) is 0. The van der Waals surface area contributed by atoms with Gasteiger partial charge >= 0.3 is 12.2 Å². The van der Waals surface area contributed by atoms with Gasteiger partial charge in [0.2, 0.25) is 0 Å². The lowest BCUT2D eigenvalue weighted by molar-refractivity contribution is -0.0662. The van der Waals surface area contributed by atoms with Crippen LogP contribution in [0.5, 0.6) is 0 Å². The number of methoxy groups -OCH3 is 1. The molecule has 12 heteroatoms. The minimum absolute atomic E-state index is 0.152. The molecule has 0 aliphatic heterocycles. The highest BCUT2D eigenvalue weighted by Crippen LogP contribution is 2.19. The summed E-state index contributed by atoms with van der Waals surface area (Å²) in [6.07, 6.45) is 31.5. The first-order valence-corrected chi connectivity index (χ1v) is 25.4. The number of hydrogen-bond donors (Lipinski definition) is 2. The van der Waals surface area contributed by atoms with Crippen LogP contribution < -0.4 is 10.6 Å². The van der Waals surface area contributed by atoms with Crippen LogP contribution in [0.15, 0.2) is 0 Å². The molecule has 0 rings (SSSR count). The zero-order valence-electron chi connectivity index (χ0n) is 41.5. The Labute approximate surface area is 381 Å². The lowest BCUT2D eigenvalue weighted by Gasteiger charge is -2.28. The fourth-order valence-corrected chi connectivity index (χ4v) is 6.78. The zero-order chi connectivity index (χ0) is 45.7. The van der Waals surface area contributed by atoms with Crippen molar-refractivity contribution in [2.75, 3.05) is 86.3 Å². The van der Waals surface area contributed by atoms with Crippen molar-refractivity contribution in [1.82, 2.24) is 10.6 Å². The van der Waals surface area contributed by atoms with E-state index in [0.717, 1.165) is 25.7 Å². The first-order valence-electron chi connectivity index (χ1n) is 25.4. The maximum atomic E-state index is 12.4. The van der Waals surface area contributed by atoms with Gasteiger partial charge in [0.25, 0.3) is 0 Å². The summed E-state index contributed by atoms with van der Waals surface area (Å²) >= 11 is 0. The highest BCUT2D eigenvalue weighted by atomic mass is 16.6. The van der Waals surface area contributed by atoms with Gasteiger partial charge in [-0.2, -0.15) is 0 Å². The minimum atomic E-state index is -0.495. The normalized spacial score (nSPS) is 12.4. The van der Waals surface area contributed by atoms with Gasteiger partial charge in [-0.15, -0.1) is 0 Å². The number of ether oxygens (including phenoxy) is 8. The Morgan fingerprint density at radius 1 is 0.435 bits per heavy atom. The standard InChI is InChI=1S/C50H100N2O10/c1-8-10-12-14-16-18-20-22-24-26-28-30-36-58-44-46(59-37-31-29-27-25-23-21-19-17-15-13-11-9-2)45-61-48(54)52-35-41-57-43-42-56-40-34-51-47(53)60-38-32-50(5,6)62-39-33-49(3,4)55-7/h46H,8-45H2,1-7H3,(H,51,53)(H,52,54)/t46-/m1/s1. The number of unbranched alkanes of at least 4 members (excludes halogenated alkanes) is 22. The largest absolute Gasteiger partial charge is 0.449 e. The number of rotatable bonds is 48. The number of hydrogen-bond acceptors (Lipinski definition) is 10. The van der Waals surface area contributed by atoms with Crippen LogP contribution in [0.2, 0.25) is 0 Å². The molecule has 0 saturated heterocycles. The van der Waals surface area contributed by atoms with Crippen LogP contribution >= 0.6 is 0 Å². The molecular formula is C50H100N2O10. The number of carbonyl (C=O) groups excluding carboxylic acids is 2. The topological polar surface area (TPSA) is 132 Å². The van der Waals surface area contributed by atoms with Gasteiger partial charge in [0.1, 0.15) is 12.7 Å². The molecule has 0 fully saturated rings. The van der Waals surface area contributed by atoms with Gasteiger partial charge in [-0.3, -0.25) is 0 Å². The van der Waals surface area contributed by atoms with Crippen LogP contribution in [-0.4, -0.2) is 116 Å². The highest BCUT2D eigenvalue weighted by molar-refractivity contribution is 5.67. The lowest BCUT2D eigenvalue weighted by atomic mass is 10.0. The molecule has 370 valence electrons. The summed E-state index contributed by atoms with van der Waals surface area (Å²) in [6.45, 7) is 17.3. The molecule has 12 nitrogen and oxygen atoms in total. The van der Waals surface area contributed by atoms with Crippen molar-refractivity contribution < 1.29 is 47.5 Å². The molecule has 0 aliphatic carbocycles. The average Bonchev–Trinajstić information content (AvgIpc) is 3.24. The van der Waals surface area contributed by atoms with Gasteiger partial charge < -0.3 is 48.5 Å². The van der Waals surface area contributed by atoms with Gasteiger partial charge in [0.15, 0.2) is 0 Å². The summed E-state index contributed by atoms with van der Waals surface area (Å²) in [5.41, 5.74) is -0.645. The van der Waals surface area contributed by atoms with Gasteiger partial charge in [-0.1, -0.05) is 155 Å². The number of nitrogens with one attached hydrogen (secondary N) is 2. The Kier molecular flexibility index (Phi) is 43.3. The molecule has 0 unspecified atom stereocenters. The second-order valence-electron chi connectivity index (χ2n) is 18.2. The second kappa shape index (κ2) is 44.5. The van der Waals surface area contributed by atoms with E-state index in [1.807, 2.05) is 27.7 Å². The van der Waals surface area contributed by atoms with Crippen LogP contribution in [0.1, 0.15) is 208 Å². The third kappa shape index (κ3) is 44.9. The molecule has 0 heterocycles. The maximum Gasteiger partial charge on any atom is 0.407 e. The highest BCUT2D eigenvalue weighted by Gasteiger charge is 2.22. The maximum absolute atomic E-state index is 12.4. The first-order chi connectivity index (χ1) is 30.0. The van der Waals surface area contributed by atoms with Crippen LogP contribution in [0.25, 0.3) is 0 Å². The van der Waals surface area contributed by atoms with Crippen molar-refractivity contribution in [2.24, 2.45) is 0 Å². The molecule has 0 bridgehead atoms. The number of alkyl carbamates (subject to hydrolysis) is 2. The molecule has 2 N–H and O–H groups in total. The molecule has 62 heavy (non-hydrogen) atoms. The monoisotopic (exact) mass is 889 g/mol. The predicted molar refractivity (Wildman–Crippen MR) is 253 cm³/mol. The van der Waals surface area contributed by atoms with E-state index < -0.39 is 17.8 Å². The Morgan fingerprint density at radius 3 is 1.32 bits per heavy atom. The molecule has 2 amide bonds. The summed E-state index contributed by atoms with van der Waals surface area (Å²) in [5.74, 6) is 0. The Morgan fingerprint density at radius 2 is 0.855 bits per heavy atom. The SMILES string of the molecule is CCCCCCCCCCCCCCOC[C@H](COC(=O)NCCOCCOCCNC(=O)OCCC(C)(C)OCCC(C)(C)OC)OCCCCCCCCCCCCCC. The van der Waals surface area contributed by atoms with Crippen LogP contribution in [0.4, 0.5) is 9.59 Å². The van der Waals surface area contributed by atoms with E-state index in [-0.39, 0.29) is 24.9 Å². The van der Waals surface area contributed by atoms with Gasteiger partial charge in [0.05, 0.1) is 57.5 Å². The van der Waals surface area contributed by atoms with Crippen LogP contribution in [-0.2, 0) is 37.9 Å². The van der Waals surface area contributed by atoms with Crippen molar-refractivity contribution in [1.29, 1.82) is 0 Å². The Hall–Kier alpha value is -1.70. The van der Waals surface area contributed by atoms with Crippen LogP contribution in [0, 0.1) is 0 Å². The minimum Gasteiger partial charge on any atom is -0.449 e. The van der Waals surface area contributed by atoms with Gasteiger partial charge in [0, 0.05) is 39.8 Å². The number of carbonyl (C=O) groups is 2. The van der Waals surface area contributed by atoms with Gasteiger partial charge in [-0.05, 0) is 47.0 Å². The van der Waals surface area contributed by atoms with Crippen molar-refractivity contribution in [3.63, 3.8) is 0 Å². The molecule has 0 aromatic carbocycles. The van der Waals surface area contributed by atoms with E-state index in [1.54, 1.807) is 7.11 Å². The van der Waals surface area contributed by atoms with Crippen molar-refractivity contribution in [3.05, 3.63) is 0 Å². The molecule has 1 atom stereocenters.